The van der Waals surface area contributed by atoms with Gasteiger partial charge in [0, 0.05) is 50.8 Å². The first-order valence-electron chi connectivity index (χ1n) is 8.58. The van der Waals surface area contributed by atoms with Crippen LogP contribution in [0.3, 0.4) is 0 Å². The molecule has 3 rings (SSSR count). The van der Waals surface area contributed by atoms with Crippen molar-refractivity contribution in [1.29, 1.82) is 0 Å². The van der Waals surface area contributed by atoms with E-state index in [1.54, 1.807) is 12.4 Å². The van der Waals surface area contributed by atoms with E-state index in [-0.39, 0.29) is 0 Å². The molecule has 1 saturated heterocycles. The number of anilines is 2. The van der Waals surface area contributed by atoms with Crippen LogP contribution in [0.1, 0.15) is 5.56 Å². The zero-order valence-electron chi connectivity index (χ0n) is 14.6. The number of rotatable bonds is 5. The molecule has 7 heteroatoms. The van der Waals surface area contributed by atoms with E-state index in [1.807, 2.05) is 30.3 Å². The smallest absolute Gasteiger partial charge is 0.225 e. The van der Waals surface area contributed by atoms with Crippen LogP contribution in [0.15, 0.2) is 47.7 Å². The Kier molecular flexibility index (Phi) is 5.79. The van der Waals surface area contributed by atoms with E-state index in [2.05, 4.69) is 37.0 Å². The Hall–Kier alpha value is -2.67. The first-order valence-corrected chi connectivity index (χ1v) is 8.58. The standard InChI is InChI=1S/C18H25N7/c1-15-3-5-16(6-4-15)23-17(19)20-9-10-24-11-13-25(14-12-24)18-21-7-2-8-22-18/h2-8H,9-14H2,1H3,(H3,19,20,23). The van der Waals surface area contributed by atoms with Crippen molar-refractivity contribution in [2.24, 2.45) is 10.7 Å². The molecule has 0 amide bonds. The molecule has 25 heavy (non-hydrogen) atoms. The summed E-state index contributed by atoms with van der Waals surface area (Å²) in [4.78, 5) is 17.6. The molecule has 0 atom stereocenters. The van der Waals surface area contributed by atoms with Gasteiger partial charge in [0.1, 0.15) is 0 Å². The SMILES string of the molecule is Cc1ccc(NC(N)=NCCN2CCN(c3ncccn3)CC2)cc1. The molecule has 2 aromatic rings. The number of guanidine groups is 1. The Morgan fingerprint density at radius 2 is 1.80 bits per heavy atom. The van der Waals surface area contributed by atoms with Crippen molar-refractivity contribution >= 4 is 17.6 Å². The van der Waals surface area contributed by atoms with Gasteiger partial charge in [-0.05, 0) is 25.1 Å². The van der Waals surface area contributed by atoms with Gasteiger partial charge in [-0.15, -0.1) is 0 Å². The second-order valence-electron chi connectivity index (χ2n) is 6.14. The van der Waals surface area contributed by atoms with Crippen molar-refractivity contribution in [3.8, 4) is 0 Å². The van der Waals surface area contributed by atoms with E-state index >= 15 is 0 Å². The normalized spacial score (nSPS) is 16.0. The minimum absolute atomic E-state index is 0.458. The third kappa shape index (κ3) is 5.15. The summed E-state index contributed by atoms with van der Waals surface area (Å²) in [6.07, 6.45) is 3.57. The van der Waals surface area contributed by atoms with Crippen molar-refractivity contribution in [1.82, 2.24) is 14.9 Å². The molecule has 1 aromatic carbocycles. The van der Waals surface area contributed by atoms with Crippen molar-refractivity contribution in [2.45, 2.75) is 6.92 Å². The summed E-state index contributed by atoms with van der Waals surface area (Å²) in [6.45, 7) is 7.49. The van der Waals surface area contributed by atoms with E-state index < -0.39 is 0 Å². The molecule has 132 valence electrons. The molecular formula is C18H25N7. The van der Waals surface area contributed by atoms with Crippen LogP contribution < -0.4 is 16.0 Å². The highest BCUT2D eigenvalue weighted by Crippen LogP contribution is 2.10. The van der Waals surface area contributed by atoms with Gasteiger partial charge in [0.2, 0.25) is 5.95 Å². The first kappa shape index (κ1) is 17.2. The number of aryl methyl sites for hydroxylation is 1. The van der Waals surface area contributed by atoms with Crippen molar-refractivity contribution in [2.75, 3.05) is 49.5 Å². The number of nitrogens with one attached hydrogen (secondary N) is 1. The third-order valence-corrected chi connectivity index (χ3v) is 4.23. The molecule has 7 nitrogen and oxygen atoms in total. The highest BCUT2D eigenvalue weighted by molar-refractivity contribution is 5.92. The van der Waals surface area contributed by atoms with Gasteiger partial charge in [0.05, 0.1) is 6.54 Å². The first-order chi connectivity index (χ1) is 12.2. The van der Waals surface area contributed by atoms with Crippen LogP contribution in [0, 0.1) is 6.92 Å². The molecule has 0 bridgehead atoms. The number of hydrogen-bond acceptors (Lipinski definition) is 5. The Balaban J connectivity index is 1.40. The Labute approximate surface area is 148 Å². The zero-order valence-corrected chi connectivity index (χ0v) is 14.6. The lowest BCUT2D eigenvalue weighted by atomic mass is 10.2. The number of piperazine rings is 1. The van der Waals surface area contributed by atoms with Crippen LogP contribution in [0.5, 0.6) is 0 Å². The Morgan fingerprint density at radius 1 is 1.12 bits per heavy atom. The van der Waals surface area contributed by atoms with Gasteiger partial charge in [0.25, 0.3) is 0 Å². The number of aromatic nitrogens is 2. The van der Waals surface area contributed by atoms with Gasteiger partial charge in [-0.1, -0.05) is 17.7 Å². The van der Waals surface area contributed by atoms with Crippen molar-refractivity contribution < 1.29 is 0 Å². The maximum absolute atomic E-state index is 5.95. The maximum Gasteiger partial charge on any atom is 0.225 e. The van der Waals surface area contributed by atoms with Crippen molar-refractivity contribution in [3.63, 3.8) is 0 Å². The second-order valence-corrected chi connectivity index (χ2v) is 6.14. The molecule has 0 unspecified atom stereocenters. The summed E-state index contributed by atoms with van der Waals surface area (Å²) in [5.74, 6) is 1.27. The van der Waals surface area contributed by atoms with Gasteiger partial charge in [-0.2, -0.15) is 0 Å². The fourth-order valence-electron chi connectivity index (χ4n) is 2.76. The zero-order chi connectivity index (χ0) is 17.5. The Morgan fingerprint density at radius 3 is 2.48 bits per heavy atom. The topological polar surface area (TPSA) is 82.7 Å². The van der Waals surface area contributed by atoms with E-state index in [4.69, 9.17) is 5.73 Å². The maximum atomic E-state index is 5.95. The van der Waals surface area contributed by atoms with Gasteiger partial charge < -0.3 is 16.0 Å². The number of nitrogens with two attached hydrogens (primary N) is 1. The lowest BCUT2D eigenvalue weighted by molar-refractivity contribution is 0.264. The summed E-state index contributed by atoms with van der Waals surface area (Å²) in [5.41, 5.74) is 8.14. The number of benzene rings is 1. The molecule has 1 aliphatic rings. The minimum Gasteiger partial charge on any atom is -0.370 e. The van der Waals surface area contributed by atoms with E-state index in [1.165, 1.54) is 5.56 Å². The van der Waals surface area contributed by atoms with Crippen LogP contribution in [-0.2, 0) is 0 Å². The van der Waals surface area contributed by atoms with Crippen LogP contribution >= 0.6 is 0 Å². The third-order valence-electron chi connectivity index (χ3n) is 4.23. The second kappa shape index (κ2) is 8.43. The van der Waals surface area contributed by atoms with Crippen LogP contribution in [0.2, 0.25) is 0 Å². The van der Waals surface area contributed by atoms with Crippen molar-refractivity contribution in [3.05, 3.63) is 48.3 Å². The highest BCUT2D eigenvalue weighted by atomic mass is 15.3. The molecule has 3 N–H and O–H groups in total. The van der Waals surface area contributed by atoms with Crippen LogP contribution in [0.25, 0.3) is 0 Å². The molecular weight excluding hydrogens is 314 g/mol. The summed E-state index contributed by atoms with van der Waals surface area (Å²) < 4.78 is 0. The van der Waals surface area contributed by atoms with E-state index in [0.717, 1.165) is 44.4 Å². The predicted molar refractivity (Wildman–Crippen MR) is 102 cm³/mol. The lowest BCUT2D eigenvalue weighted by Gasteiger charge is -2.34. The van der Waals surface area contributed by atoms with Gasteiger partial charge in [0.15, 0.2) is 5.96 Å². The lowest BCUT2D eigenvalue weighted by Crippen LogP contribution is -2.47. The van der Waals surface area contributed by atoms with Crippen LogP contribution in [-0.4, -0.2) is 60.1 Å². The number of aliphatic imine (C=N–C) groups is 1. The fraction of sp³-hybridized carbons (Fsp3) is 0.389. The quantitative estimate of drug-likeness (QED) is 0.632. The van der Waals surface area contributed by atoms with Crippen LogP contribution in [0.4, 0.5) is 11.6 Å². The summed E-state index contributed by atoms with van der Waals surface area (Å²) in [6, 6.07) is 9.94. The molecule has 0 spiro atoms. The molecule has 1 fully saturated rings. The molecule has 0 radical (unpaired) electrons. The Bertz CT molecular complexity index is 676. The summed E-state index contributed by atoms with van der Waals surface area (Å²) in [7, 11) is 0. The van der Waals surface area contributed by atoms with Gasteiger partial charge in [-0.3, -0.25) is 9.89 Å². The molecule has 1 aromatic heterocycles. The highest BCUT2D eigenvalue weighted by Gasteiger charge is 2.18. The minimum atomic E-state index is 0.458. The summed E-state index contributed by atoms with van der Waals surface area (Å²) in [5, 5.41) is 3.12. The fourth-order valence-corrected chi connectivity index (χ4v) is 2.76. The molecule has 0 aliphatic carbocycles. The van der Waals surface area contributed by atoms with E-state index in [0.29, 0.717) is 12.5 Å². The van der Waals surface area contributed by atoms with E-state index in [9.17, 15) is 0 Å². The van der Waals surface area contributed by atoms with Gasteiger partial charge >= 0.3 is 0 Å². The number of nitrogens with zero attached hydrogens (tertiary/aromatic N) is 5. The molecule has 1 aliphatic heterocycles. The average molecular weight is 339 g/mol. The predicted octanol–water partition coefficient (Wildman–Crippen LogP) is 1.33. The summed E-state index contributed by atoms with van der Waals surface area (Å²) >= 11 is 0. The van der Waals surface area contributed by atoms with Gasteiger partial charge in [-0.25, -0.2) is 9.97 Å². The number of hydrogen-bond donors (Lipinski definition) is 2. The molecule has 0 saturated carbocycles. The average Bonchev–Trinajstić information content (AvgIpc) is 2.65. The molecule has 2 heterocycles. The monoisotopic (exact) mass is 339 g/mol. The largest absolute Gasteiger partial charge is 0.370 e.